The van der Waals surface area contributed by atoms with Crippen LogP contribution in [0, 0.1) is 11.8 Å². The number of hydrogen-bond acceptors (Lipinski definition) is 6. The SMILES string of the molecule is CC(=O)Oc1ccc(C#Cc2ccc(N3CCC(Oc4cc(Cl)ccc4Cl)CC3)nn2)cc1. The lowest BCUT2D eigenvalue weighted by Crippen LogP contribution is -2.38. The number of hydrogen-bond donors (Lipinski definition) is 0. The highest BCUT2D eigenvalue weighted by atomic mass is 35.5. The number of halogens is 2. The lowest BCUT2D eigenvalue weighted by molar-refractivity contribution is -0.131. The maximum absolute atomic E-state index is 11.0. The summed E-state index contributed by atoms with van der Waals surface area (Å²) in [5, 5.41) is 9.73. The lowest BCUT2D eigenvalue weighted by Gasteiger charge is -2.32. The molecular weight excluding hydrogens is 461 g/mol. The molecule has 1 aliphatic rings. The molecule has 6 nitrogen and oxygen atoms in total. The van der Waals surface area contributed by atoms with Gasteiger partial charge >= 0.3 is 5.97 Å². The van der Waals surface area contributed by atoms with Crippen molar-refractivity contribution >= 4 is 35.0 Å². The van der Waals surface area contributed by atoms with Crippen LogP contribution in [0.25, 0.3) is 0 Å². The van der Waals surface area contributed by atoms with E-state index >= 15 is 0 Å². The largest absolute Gasteiger partial charge is 0.489 e. The van der Waals surface area contributed by atoms with Gasteiger partial charge in [0.15, 0.2) is 5.82 Å². The molecule has 0 saturated carbocycles. The molecule has 0 radical (unpaired) electrons. The highest BCUT2D eigenvalue weighted by molar-refractivity contribution is 6.34. The molecule has 0 amide bonds. The fraction of sp³-hybridized carbons (Fsp3) is 0.240. The van der Waals surface area contributed by atoms with Crippen LogP contribution < -0.4 is 14.4 Å². The van der Waals surface area contributed by atoms with Crippen molar-refractivity contribution in [2.45, 2.75) is 25.9 Å². The van der Waals surface area contributed by atoms with Gasteiger partial charge in [-0.1, -0.05) is 29.1 Å². The summed E-state index contributed by atoms with van der Waals surface area (Å²) in [6.07, 6.45) is 1.76. The number of ether oxygens (including phenoxy) is 2. The van der Waals surface area contributed by atoms with Crippen molar-refractivity contribution in [3.63, 3.8) is 0 Å². The van der Waals surface area contributed by atoms with E-state index < -0.39 is 0 Å². The average Bonchev–Trinajstić information content (AvgIpc) is 2.81. The van der Waals surface area contributed by atoms with Crippen LogP contribution in [0.5, 0.6) is 11.5 Å². The van der Waals surface area contributed by atoms with Gasteiger partial charge in [-0.05, 0) is 54.5 Å². The van der Waals surface area contributed by atoms with Crippen molar-refractivity contribution < 1.29 is 14.3 Å². The van der Waals surface area contributed by atoms with E-state index in [9.17, 15) is 4.79 Å². The molecule has 2 heterocycles. The van der Waals surface area contributed by atoms with Gasteiger partial charge in [-0.25, -0.2) is 0 Å². The monoisotopic (exact) mass is 481 g/mol. The van der Waals surface area contributed by atoms with Gasteiger partial charge in [0.1, 0.15) is 23.3 Å². The molecule has 1 aliphatic heterocycles. The molecule has 0 aliphatic carbocycles. The van der Waals surface area contributed by atoms with Crippen molar-refractivity contribution in [1.29, 1.82) is 0 Å². The zero-order valence-electron chi connectivity index (χ0n) is 17.9. The molecule has 0 unspecified atom stereocenters. The van der Waals surface area contributed by atoms with Crippen molar-refractivity contribution in [2.24, 2.45) is 0 Å². The first-order chi connectivity index (χ1) is 16.0. The Hall–Kier alpha value is -3.27. The van der Waals surface area contributed by atoms with Gasteiger partial charge in [0.25, 0.3) is 0 Å². The highest BCUT2D eigenvalue weighted by Gasteiger charge is 2.22. The zero-order chi connectivity index (χ0) is 23.2. The molecule has 1 saturated heterocycles. The lowest BCUT2D eigenvalue weighted by atomic mass is 10.1. The molecule has 3 aromatic rings. The Balaban J connectivity index is 1.31. The number of carbonyl (C=O) groups excluding carboxylic acids is 1. The molecule has 1 aromatic heterocycles. The number of aromatic nitrogens is 2. The summed E-state index contributed by atoms with van der Waals surface area (Å²) < 4.78 is 11.1. The van der Waals surface area contributed by atoms with Gasteiger partial charge < -0.3 is 14.4 Å². The van der Waals surface area contributed by atoms with Gasteiger partial charge in [0, 0.05) is 49.5 Å². The number of anilines is 1. The third-order valence-corrected chi connectivity index (χ3v) is 5.60. The van der Waals surface area contributed by atoms with Gasteiger partial charge in [-0.2, -0.15) is 0 Å². The van der Waals surface area contributed by atoms with E-state index in [1.54, 1.807) is 42.5 Å². The Labute approximate surface area is 202 Å². The normalized spacial score (nSPS) is 13.7. The number of esters is 1. The maximum atomic E-state index is 11.0. The van der Waals surface area contributed by atoms with Crippen molar-refractivity contribution in [3.05, 3.63) is 75.9 Å². The van der Waals surface area contributed by atoms with Crippen LogP contribution in [0.4, 0.5) is 5.82 Å². The quantitative estimate of drug-likeness (QED) is 0.291. The molecular formula is C25H21Cl2N3O3. The van der Waals surface area contributed by atoms with Gasteiger partial charge in [0.2, 0.25) is 0 Å². The molecule has 0 atom stereocenters. The first-order valence-electron chi connectivity index (χ1n) is 10.5. The van der Waals surface area contributed by atoms with E-state index in [0.717, 1.165) is 37.3 Å². The number of rotatable bonds is 4. The van der Waals surface area contributed by atoms with Gasteiger partial charge in [-0.15, -0.1) is 10.2 Å². The van der Waals surface area contributed by atoms with Crippen molar-refractivity contribution in [1.82, 2.24) is 10.2 Å². The Morgan fingerprint density at radius 2 is 1.76 bits per heavy atom. The number of carbonyl (C=O) groups is 1. The van der Waals surface area contributed by atoms with Crippen LogP contribution in [0.1, 0.15) is 31.0 Å². The summed E-state index contributed by atoms with van der Waals surface area (Å²) in [5.74, 6) is 7.60. The molecule has 1 fully saturated rings. The topological polar surface area (TPSA) is 64.5 Å². The van der Waals surface area contributed by atoms with E-state index in [1.165, 1.54) is 6.92 Å². The summed E-state index contributed by atoms with van der Waals surface area (Å²) in [7, 11) is 0. The predicted molar refractivity (Wildman–Crippen MR) is 128 cm³/mol. The Kier molecular flexibility index (Phi) is 7.33. The van der Waals surface area contributed by atoms with E-state index in [2.05, 4.69) is 26.9 Å². The minimum atomic E-state index is -0.355. The number of piperidine rings is 1. The van der Waals surface area contributed by atoms with Crippen LogP contribution in [-0.2, 0) is 4.79 Å². The molecule has 0 spiro atoms. The molecule has 2 aromatic carbocycles. The van der Waals surface area contributed by atoms with E-state index in [4.69, 9.17) is 32.7 Å². The summed E-state index contributed by atoms with van der Waals surface area (Å²) in [4.78, 5) is 13.2. The Bertz CT molecular complexity index is 1180. The molecule has 4 rings (SSSR count). The fourth-order valence-corrected chi connectivity index (χ4v) is 3.74. The average molecular weight is 482 g/mol. The molecule has 33 heavy (non-hydrogen) atoms. The summed E-state index contributed by atoms with van der Waals surface area (Å²) in [5.41, 5.74) is 1.37. The van der Waals surface area contributed by atoms with E-state index in [0.29, 0.717) is 27.2 Å². The summed E-state index contributed by atoms with van der Waals surface area (Å²) in [6, 6.07) is 16.0. The number of nitrogens with zero attached hydrogens (tertiary/aromatic N) is 3. The molecule has 168 valence electrons. The van der Waals surface area contributed by atoms with Crippen LogP contribution >= 0.6 is 23.2 Å². The van der Waals surface area contributed by atoms with Gasteiger partial charge in [0.05, 0.1) is 5.02 Å². The van der Waals surface area contributed by atoms with Crippen LogP contribution in [-0.4, -0.2) is 35.4 Å². The minimum Gasteiger partial charge on any atom is -0.489 e. The maximum Gasteiger partial charge on any atom is 0.308 e. The Morgan fingerprint density at radius 1 is 1.00 bits per heavy atom. The standard InChI is InChI=1S/C25H21Cl2N3O3/c1-17(31)32-21-8-3-18(4-9-21)2-6-20-7-11-25(29-28-20)30-14-12-22(13-15-30)33-24-16-19(26)5-10-23(24)27/h3-5,7-11,16,22H,12-15H2,1H3. The highest BCUT2D eigenvalue weighted by Crippen LogP contribution is 2.30. The van der Waals surface area contributed by atoms with E-state index in [1.807, 2.05) is 12.1 Å². The molecule has 8 heteroatoms. The zero-order valence-corrected chi connectivity index (χ0v) is 19.4. The molecule has 0 N–H and O–H groups in total. The number of benzene rings is 2. The Morgan fingerprint density at radius 3 is 2.42 bits per heavy atom. The second-order valence-corrected chi connectivity index (χ2v) is 8.37. The minimum absolute atomic E-state index is 0.0718. The molecule has 0 bridgehead atoms. The van der Waals surface area contributed by atoms with Crippen molar-refractivity contribution in [2.75, 3.05) is 18.0 Å². The van der Waals surface area contributed by atoms with Gasteiger partial charge in [-0.3, -0.25) is 4.79 Å². The third kappa shape index (κ3) is 6.38. The smallest absolute Gasteiger partial charge is 0.308 e. The summed E-state index contributed by atoms with van der Waals surface area (Å²) in [6.45, 7) is 2.97. The predicted octanol–water partition coefficient (Wildman–Crippen LogP) is 5.16. The second-order valence-electron chi connectivity index (χ2n) is 7.52. The fourth-order valence-electron chi connectivity index (χ4n) is 3.42. The third-order valence-electron chi connectivity index (χ3n) is 5.05. The first-order valence-corrected chi connectivity index (χ1v) is 11.2. The van der Waals surface area contributed by atoms with Crippen molar-refractivity contribution in [3.8, 4) is 23.3 Å². The van der Waals surface area contributed by atoms with Crippen LogP contribution in [0.15, 0.2) is 54.6 Å². The van der Waals surface area contributed by atoms with Crippen LogP contribution in [0.3, 0.4) is 0 Å². The summed E-state index contributed by atoms with van der Waals surface area (Å²) >= 11 is 12.2. The second kappa shape index (κ2) is 10.6. The first kappa shape index (κ1) is 22.9. The van der Waals surface area contributed by atoms with E-state index in [-0.39, 0.29) is 12.1 Å². The van der Waals surface area contributed by atoms with Crippen LogP contribution in [0.2, 0.25) is 10.0 Å².